The number of nitrogens with zero attached hydrogens (tertiary/aromatic N) is 3. The van der Waals surface area contributed by atoms with Crippen LogP contribution < -0.4 is 15.8 Å². The van der Waals surface area contributed by atoms with Crippen LogP contribution in [-0.2, 0) is 26.0 Å². The summed E-state index contributed by atoms with van der Waals surface area (Å²) in [5.74, 6) is -1.20. The van der Waals surface area contributed by atoms with Crippen LogP contribution in [0.25, 0.3) is 11.1 Å². The number of aromatic nitrogens is 1. The molecule has 0 aliphatic carbocycles. The highest BCUT2D eigenvalue weighted by molar-refractivity contribution is 8.00. The maximum atomic E-state index is 12.9. The van der Waals surface area contributed by atoms with Crippen LogP contribution in [0.2, 0.25) is 0 Å². The molecule has 0 radical (unpaired) electrons. The maximum Gasteiger partial charge on any atom is 0.264 e. The lowest BCUT2D eigenvalue weighted by Crippen LogP contribution is -2.28. The molecule has 0 aliphatic rings. The van der Waals surface area contributed by atoms with Gasteiger partial charge in [-0.05, 0) is 48.7 Å². The third kappa shape index (κ3) is 6.29. The van der Waals surface area contributed by atoms with Crippen LogP contribution in [0.1, 0.15) is 37.5 Å². The highest BCUT2D eigenvalue weighted by atomic mass is 32.2. The number of nitriles is 2. The Hall–Kier alpha value is -4.39. The van der Waals surface area contributed by atoms with Crippen LogP contribution in [0.15, 0.2) is 58.5 Å². The van der Waals surface area contributed by atoms with Crippen molar-refractivity contribution < 1.29 is 18.0 Å². The minimum atomic E-state index is -4.00. The SMILES string of the molecule is CCc1ccc(-c2c(C#N)c(N)nc(SC(C)C(=O)Nc3ccc(S(=O)(=O)NC(C)=O)cc3)c2C#N)cc1. The minimum absolute atomic E-state index is 0.0489. The quantitative estimate of drug-likeness (QED) is 0.355. The van der Waals surface area contributed by atoms with Crippen molar-refractivity contribution in [2.45, 2.75) is 42.4 Å². The molecule has 1 unspecified atom stereocenters. The van der Waals surface area contributed by atoms with E-state index in [4.69, 9.17) is 5.73 Å². The van der Waals surface area contributed by atoms with E-state index in [9.17, 15) is 28.5 Å². The summed E-state index contributed by atoms with van der Waals surface area (Å²) in [5.41, 5.74) is 8.71. The molecule has 2 aromatic carbocycles. The molecular weight excluding hydrogens is 524 g/mol. The van der Waals surface area contributed by atoms with E-state index in [0.717, 1.165) is 30.7 Å². The molecule has 0 bridgehead atoms. The topological polar surface area (TPSA) is 179 Å². The highest BCUT2D eigenvalue weighted by Crippen LogP contribution is 2.37. The molecule has 12 heteroatoms. The summed E-state index contributed by atoms with van der Waals surface area (Å²) in [6.07, 6.45) is 0.830. The molecule has 0 saturated heterocycles. The van der Waals surface area contributed by atoms with Crippen molar-refractivity contribution in [3.8, 4) is 23.3 Å². The molecule has 1 aromatic heterocycles. The monoisotopic (exact) mass is 548 g/mol. The van der Waals surface area contributed by atoms with E-state index in [-0.39, 0.29) is 26.9 Å². The number of aryl methyl sites for hydroxylation is 1. The van der Waals surface area contributed by atoms with Gasteiger partial charge in [0.05, 0.1) is 15.7 Å². The lowest BCUT2D eigenvalue weighted by molar-refractivity contribution is -0.117. The van der Waals surface area contributed by atoms with E-state index in [0.29, 0.717) is 16.8 Å². The lowest BCUT2D eigenvalue weighted by atomic mass is 9.96. The Labute approximate surface area is 224 Å². The van der Waals surface area contributed by atoms with Crippen LogP contribution in [0, 0.1) is 22.7 Å². The number of nitrogens with two attached hydrogens (primary N) is 1. The zero-order valence-electron chi connectivity index (χ0n) is 20.8. The van der Waals surface area contributed by atoms with Gasteiger partial charge >= 0.3 is 0 Å². The first-order chi connectivity index (χ1) is 18.0. The summed E-state index contributed by atoms with van der Waals surface area (Å²) in [4.78, 5) is 28.1. The average Bonchev–Trinajstić information content (AvgIpc) is 2.88. The summed E-state index contributed by atoms with van der Waals surface area (Å²) < 4.78 is 26.1. The van der Waals surface area contributed by atoms with Crippen LogP contribution in [0.4, 0.5) is 11.5 Å². The van der Waals surface area contributed by atoms with Gasteiger partial charge in [0.15, 0.2) is 0 Å². The van der Waals surface area contributed by atoms with Gasteiger partial charge in [-0.15, -0.1) is 0 Å². The fourth-order valence-corrected chi connectivity index (χ4v) is 5.42. The number of amides is 2. The molecule has 1 atom stereocenters. The van der Waals surface area contributed by atoms with Crippen molar-refractivity contribution >= 4 is 45.1 Å². The predicted molar refractivity (Wildman–Crippen MR) is 144 cm³/mol. The first-order valence-corrected chi connectivity index (χ1v) is 13.7. The summed E-state index contributed by atoms with van der Waals surface area (Å²) in [6.45, 7) is 4.72. The summed E-state index contributed by atoms with van der Waals surface area (Å²) >= 11 is 1.01. The maximum absolute atomic E-state index is 12.9. The average molecular weight is 549 g/mol. The molecule has 4 N–H and O–H groups in total. The van der Waals surface area contributed by atoms with Crippen molar-refractivity contribution in [3.63, 3.8) is 0 Å². The van der Waals surface area contributed by atoms with Gasteiger partial charge in [0.2, 0.25) is 11.8 Å². The number of rotatable bonds is 8. The van der Waals surface area contributed by atoms with Gasteiger partial charge in [-0.1, -0.05) is 43.0 Å². The van der Waals surface area contributed by atoms with E-state index in [2.05, 4.69) is 16.4 Å². The van der Waals surface area contributed by atoms with Crippen molar-refractivity contribution in [1.29, 1.82) is 10.5 Å². The van der Waals surface area contributed by atoms with E-state index in [1.165, 1.54) is 24.3 Å². The molecule has 0 saturated carbocycles. The van der Waals surface area contributed by atoms with Gasteiger partial charge in [0.1, 0.15) is 28.5 Å². The summed E-state index contributed by atoms with van der Waals surface area (Å²) in [6, 6.07) is 16.9. The molecule has 10 nitrogen and oxygen atoms in total. The van der Waals surface area contributed by atoms with E-state index >= 15 is 0 Å². The van der Waals surface area contributed by atoms with Gasteiger partial charge in [-0.25, -0.2) is 18.1 Å². The number of carbonyl (C=O) groups excluding carboxylic acids is 2. The number of anilines is 2. The van der Waals surface area contributed by atoms with Gasteiger partial charge in [0.25, 0.3) is 10.0 Å². The zero-order valence-corrected chi connectivity index (χ0v) is 22.4. The Balaban J connectivity index is 1.86. The normalized spacial score (nSPS) is 11.6. The van der Waals surface area contributed by atoms with Crippen LogP contribution in [0.3, 0.4) is 0 Å². The molecule has 194 valence electrons. The second-order valence-electron chi connectivity index (χ2n) is 8.14. The second kappa shape index (κ2) is 11.8. The zero-order chi connectivity index (χ0) is 28.0. The molecular formula is C26H24N6O4S2. The minimum Gasteiger partial charge on any atom is -0.383 e. The van der Waals surface area contributed by atoms with E-state index in [1.807, 2.05) is 42.0 Å². The largest absolute Gasteiger partial charge is 0.383 e. The molecule has 3 rings (SSSR count). The highest BCUT2D eigenvalue weighted by Gasteiger charge is 2.24. The number of nitrogens with one attached hydrogen (secondary N) is 2. The van der Waals surface area contributed by atoms with Gasteiger partial charge in [0, 0.05) is 18.2 Å². The first kappa shape index (κ1) is 28.2. The molecule has 38 heavy (non-hydrogen) atoms. The standard InChI is InChI=1S/C26H24N6O4S2/c1-4-17-5-7-18(8-6-17)23-21(13-27)24(29)31-26(22(23)14-28)37-15(2)25(34)30-19-9-11-20(12-10-19)38(35,36)32-16(3)33/h5-12,15H,4H2,1-3H3,(H2,29,31)(H,30,34)(H,32,33). The number of benzene rings is 2. The molecule has 0 spiro atoms. The van der Waals surface area contributed by atoms with Crippen LogP contribution in [-0.4, -0.2) is 30.5 Å². The molecule has 2 amide bonds. The summed E-state index contributed by atoms with van der Waals surface area (Å²) in [7, 11) is -4.00. The van der Waals surface area contributed by atoms with Crippen molar-refractivity contribution in [2.75, 3.05) is 11.1 Å². The Bertz CT molecular complexity index is 1570. The number of pyridine rings is 1. The molecule has 0 fully saturated rings. The van der Waals surface area contributed by atoms with Gasteiger partial charge < -0.3 is 11.1 Å². The number of thioether (sulfide) groups is 1. The van der Waals surface area contributed by atoms with Crippen LogP contribution in [0.5, 0.6) is 0 Å². The lowest BCUT2D eigenvalue weighted by Gasteiger charge is -2.16. The first-order valence-electron chi connectivity index (χ1n) is 11.3. The summed E-state index contributed by atoms with van der Waals surface area (Å²) in [5, 5.41) is 21.8. The third-order valence-electron chi connectivity index (χ3n) is 5.43. The Morgan fingerprint density at radius 2 is 1.66 bits per heavy atom. The molecule has 0 aliphatic heterocycles. The fraction of sp³-hybridized carbons (Fsp3) is 0.192. The smallest absolute Gasteiger partial charge is 0.264 e. The third-order valence-corrected chi connectivity index (χ3v) is 7.97. The molecule has 1 heterocycles. The van der Waals surface area contributed by atoms with Crippen molar-refractivity contribution in [3.05, 3.63) is 65.2 Å². The van der Waals surface area contributed by atoms with Crippen molar-refractivity contribution in [2.24, 2.45) is 0 Å². The van der Waals surface area contributed by atoms with Crippen LogP contribution >= 0.6 is 11.8 Å². The van der Waals surface area contributed by atoms with Gasteiger partial charge in [-0.2, -0.15) is 10.5 Å². The number of carbonyl (C=O) groups is 2. The Morgan fingerprint density at radius 1 is 1.05 bits per heavy atom. The number of nitrogen functional groups attached to an aromatic ring is 1. The second-order valence-corrected chi connectivity index (χ2v) is 11.1. The number of sulfonamides is 1. The van der Waals surface area contributed by atoms with E-state index < -0.39 is 27.1 Å². The number of hydrogen-bond donors (Lipinski definition) is 3. The number of hydrogen-bond acceptors (Lipinski definition) is 9. The Morgan fingerprint density at radius 3 is 2.18 bits per heavy atom. The predicted octanol–water partition coefficient (Wildman–Crippen LogP) is 3.58. The Kier molecular flexibility index (Phi) is 8.73. The molecule has 3 aromatic rings. The fourth-order valence-electron chi connectivity index (χ4n) is 3.51. The van der Waals surface area contributed by atoms with Crippen molar-refractivity contribution in [1.82, 2.24) is 9.71 Å². The van der Waals surface area contributed by atoms with Gasteiger partial charge in [-0.3, -0.25) is 9.59 Å². The van der Waals surface area contributed by atoms with E-state index in [1.54, 1.807) is 6.92 Å².